The van der Waals surface area contributed by atoms with E-state index in [2.05, 4.69) is 51.5 Å². The molecule has 0 N–H and O–H groups in total. The van der Waals surface area contributed by atoms with Crippen LogP contribution in [0.5, 0.6) is 0 Å². The molecule has 3 heterocycles. The monoisotopic (exact) mass is 375 g/mol. The van der Waals surface area contributed by atoms with Gasteiger partial charge in [0.25, 0.3) is 0 Å². The van der Waals surface area contributed by atoms with Crippen LogP contribution in [0.4, 0.5) is 5.82 Å². The Hall–Kier alpha value is -3.15. The molecule has 0 radical (unpaired) electrons. The van der Waals surface area contributed by atoms with Gasteiger partial charge >= 0.3 is 0 Å². The van der Waals surface area contributed by atoms with Gasteiger partial charge < -0.3 is 13.9 Å². The smallest absolute Gasteiger partial charge is 0.193 e. The number of para-hydroxylation sites is 2. The molecular formula is C22H25N5O. The first-order valence-corrected chi connectivity index (χ1v) is 9.83. The molecule has 1 aromatic carbocycles. The van der Waals surface area contributed by atoms with Crippen LogP contribution in [-0.4, -0.2) is 32.6 Å². The zero-order valence-corrected chi connectivity index (χ0v) is 16.6. The first-order chi connectivity index (χ1) is 13.7. The SMILES string of the molecule is CCc1nc(Cn2c(-c3ccc(N(CC)CC)nc3)nc3ccccc32)co1. The van der Waals surface area contributed by atoms with Crippen molar-refractivity contribution in [2.45, 2.75) is 33.7 Å². The molecule has 0 atom stereocenters. The summed E-state index contributed by atoms with van der Waals surface area (Å²) in [6.07, 6.45) is 4.43. The van der Waals surface area contributed by atoms with E-state index in [-0.39, 0.29) is 0 Å². The number of hydrogen-bond donors (Lipinski definition) is 0. The fourth-order valence-electron chi connectivity index (χ4n) is 3.45. The molecule has 4 aromatic rings. The molecule has 0 unspecified atom stereocenters. The van der Waals surface area contributed by atoms with Gasteiger partial charge in [0.05, 0.1) is 23.3 Å². The van der Waals surface area contributed by atoms with Gasteiger partial charge in [-0.25, -0.2) is 15.0 Å². The summed E-state index contributed by atoms with van der Waals surface area (Å²) in [7, 11) is 0. The van der Waals surface area contributed by atoms with Crippen LogP contribution in [0.1, 0.15) is 32.4 Å². The number of benzene rings is 1. The highest BCUT2D eigenvalue weighted by molar-refractivity contribution is 5.80. The second-order valence-corrected chi connectivity index (χ2v) is 6.67. The van der Waals surface area contributed by atoms with Gasteiger partial charge in [-0.05, 0) is 38.1 Å². The lowest BCUT2D eigenvalue weighted by atomic mass is 10.2. The third-order valence-electron chi connectivity index (χ3n) is 4.97. The van der Waals surface area contributed by atoms with E-state index in [1.165, 1.54) is 0 Å². The summed E-state index contributed by atoms with van der Waals surface area (Å²) >= 11 is 0. The number of hydrogen-bond acceptors (Lipinski definition) is 5. The summed E-state index contributed by atoms with van der Waals surface area (Å²) in [5.74, 6) is 2.63. The summed E-state index contributed by atoms with van der Waals surface area (Å²) in [4.78, 5) is 16.3. The molecule has 4 rings (SSSR count). The fourth-order valence-corrected chi connectivity index (χ4v) is 3.45. The molecule has 0 saturated heterocycles. The van der Waals surface area contributed by atoms with Crippen LogP contribution in [-0.2, 0) is 13.0 Å². The molecule has 144 valence electrons. The first-order valence-electron chi connectivity index (χ1n) is 9.83. The van der Waals surface area contributed by atoms with E-state index in [1.54, 1.807) is 6.26 Å². The van der Waals surface area contributed by atoms with Gasteiger partial charge in [-0.2, -0.15) is 0 Å². The number of aryl methyl sites for hydroxylation is 1. The van der Waals surface area contributed by atoms with Gasteiger partial charge in [0.1, 0.15) is 17.9 Å². The van der Waals surface area contributed by atoms with E-state index < -0.39 is 0 Å². The Morgan fingerprint density at radius 1 is 1.00 bits per heavy atom. The zero-order valence-electron chi connectivity index (χ0n) is 16.6. The molecule has 0 fully saturated rings. The van der Waals surface area contributed by atoms with Crippen molar-refractivity contribution in [1.82, 2.24) is 19.5 Å². The lowest BCUT2D eigenvalue weighted by Crippen LogP contribution is -2.22. The van der Waals surface area contributed by atoms with Crippen LogP contribution in [0, 0.1) is 0 Å². The predicted octanol–water partition coefficient (Wildman–Crippen LogP) is 4.54. The van der Waals surface area contributed by atoms with E-state index in [0.717, 1.165) is 59.3 Å². The summed E-state index contributed by atoms with van der Waals surface area (Å²) in [6, 6.07) is 12.3. The van der Waals surface area contributed by atoms with Gasteiger partial charge in [-0.1, -0.05) is 19.1 Å². The van der Waals surface area contributed by atoms with Gasteiger partial charge in [0.2, 0.25) is 0 Å². The average molecular weight is 375 g/mol. The van der Waals surface area contributed by atoms with E-state index in [4.69, 9.17) is 9.40 Å². The van der Waals surface area contributed by atoms with Crippen molar-refractivity contribution < 1.29 is 4.42 Å². The Labute approximate surface area is 164 Å². The van der Waals surface area contributed by atoms with Crippen molar-refractivity contribution in [3.63, 3.8) is 0 Å². The minimum atomic E-state index is 0.608. The van der Waals surface area contributed by atoms with Crippen molar-refractivity contribution >= 4 is 16.9 Å². The molecule has 0 bridgehead atoms. The first kappa shape index (κ1) is 18.2. The number of aromatic nitrogens is 4. The normalized spacial score (nSPS) is 11.2. The van der Waals surface area contributed by atoms with E-state index in [0.29, 0.717) is 6.54 Å². The van der Waals surface area contributed by atoms with Gasteiger partial charge in [0, 0.05) is 31.3 Å². The second kappa shape index (κ2) is 7.84. The Balaban J connectivity index is 1.76. The number of rotatable bonds is 7. The number of oxazole rings is 1. The summed E-state index contributed by atoms with van der Waals surface area (Å²) < 4.78 is 7.71. The molecule has 0 aliphatic rings. The Kier molecular flexibility index (Phi) is 5.10. The maximum atomic E-state index is 5.52. The van der Waals surface area contributed by atoms with Crippen molar-refractivity contribution in [3.8, 4) is 11.4 Å². The molecular weight excluding hydrogens is 350 g/mol. The highest BCUT2D eigenvalue weighted by Gasteiger charge is 2.15. The Bertz CT molecular complexity index is 1060. The molecule has 6 nitrogen and oxygen atoms in total. The third kappa shape index (κ3) is 3.38. The number of anilines is 1. The molecule has 0 aliphatic heterocycles. The largest absolute Gasteiger partial charge is 0.449 e. The lowest BCUT2D eigenvalue weighted by Gasteiger charge is -2.19. The standard InChI is InChI=1S/C22H25N5O/c1-4-21-24-17(15-28-21)14-27-19-10-8-7-9-18(19)25-22(27)16-11-12-20(23-13-16)26(5-2)6-3/h7-13,15H,4-6,14H2,1-3H3. The van der Waals surface area contributed by atoms with Crippen molar-refractivity contribution in [2.75, 3.05) is 18.0 Å². The maximum Gasteiger partial charge on any atom is 0.193 e. The van der Waals surface area contributed by atoms with Gasteiger partial charge in [-0.15, -0.1) is 0 Å². The summed E-state index contributed by atoms with van der Waals surface area (Å²) in [5, 5.41) is 0. The molecule has 0 amide bonds. The maximum absolute atomic E-state index is 5.52. The number of imidazole rings is 1. The topological polar surface area (TPSA) is 60.0 Å². The zero-order chi connectivity index (χ0) is 19.5. The summed E-state index contributed by atoms with van der Waals surface area (Å²) in [6.45, 7) is 8.80. The van der Waals surface area contributed by atoms with Gasteiger partial charge in [-0.3, -0.25) is 0 Å². The average Bonchev–Trinajstić information content (AvgIpc) is 3.35. The number of nitrogens with zero attached hydrogens (tertiary/aromatic N) is 5. The molecule has 0 saturated carbocycles. The van der Waals surface area contributed by atoms with Crippen LogP contribution in [0.3, 0.4) is 0 Å². The van der Waals surface area contributed by atoms with Crippen molar-refractivity contribution in [1.29, 1.82) is 0 Å². The summed E-state index contributed by atoms with van der Waals surface area (Å²) in [5.41, 5.74) is 3.93. The highest BCUT2D eigenvalue weighted by atomic mass is 16.3. The Morgan fingerprint density at radius 2 is 1.82 bits per heavy atom. The van der Waals surface area contributed by atoms with Gasteiger partial charge in [0.15, 0.2) is 5.89 Å². The molecule has 3 aromatic heterocycles. The van der Waals surface area contributed by atoms with Crippen LogP contribution in [0.15, 0.2) is 53.3 Å². The van der Waals surface area contributed by atoms with E-state index in [9.17, 15) is 0 Å². The molecule has 28 heavy (non-hydrogen) atoms. The van der Waals surface area contributed by atoms with E-state index in [1.807, 2.05) is 31.3 Å². The molecule has 6 heteroatoms. The molecule has 0 aliphatic carbocycles. The van der Waals surface area contributed by atoms with E-state index >= 15 is 0 Å². The number of fused-ring (bicyclic) bond motifs is 1. The highest BCUT2D eigenvalue weighted by Crippen LogP contribution is 2.26. The fraction of sp³-hybridized carbons (Fsp3) is 0.318. The van der Waals surface area contributed by atoms with Crippen molar-refractivity contribution in [2.24, 2.45) is 0 Å². The quantitative estimate of drug-likeness (QED) is 0.474. The minimum Gasteiger partial charge on any atom is -0.449 e. The predicted molar refractivity (Wildman–Crippen MR) is 112 cm³/mol. The molecule has 0 spiro atoms. The third-order valence-corrected chi connectivity index (χ3v) is 4.97. The van der Waals surface area contributed by atoms with Crippen LogP contribution in [0.2, 0.25) is 0 Å². The van der Waals surface area contributed by atoms with Crippen molar-refractivity contribution in [3.05, 3.63) is 60.4 Å². The second-order valence-electron chi connectivity index (χ2n) is 6.67. The minimum absolute atomic E-state index is 0.608. The van der Waals surface area contributed by atoms with Crippen LogP contribution >= 0.6 is 0 Å². The van der Waals surface area contributed by atoms with Crippen LogP contribution in [0.25, 0.3) is 22.4 Å². The lowest BCUT2D eigenvalue weighted by molar-refractivity contribution is 0.501. The number of pyridine rings is 1. The Morgan fingerprint density at radius 3 is 2.50 bits per heavy atom. The van der Waals surface area contributed by atoms with Crippen LogP contribution < -0.4 is 4.90 Å².